The molecule has 5 nitrogen and oxygen atoms in total. The van der Waals surface area contributed by atoms with Crippen LogP contribution in [0.15, 0.2) is 29.2 Å². The van der Waals surface area contributed by atoms with Crippen LogP contribution in [0.25, 0.3) is 0 Å². The highest BCUT2D eigenvalue weighted by Crippen LogP contribution is 2.23. The van der Waals surface area contributed by atoms with E-state index in [1.165, 1.54) is 7.11 Å². The van der Waals surface area contributed by atoms with Crippen LogP contribution in [0.5, 0.6) is 5.75 Å². The maximum atomic E-state index is 12.0. The number of methoxy groups -OCH3 is 1. The molecule has 0 fully saturated rings. The highest BCUT2D eigenvalue weighted by Gasteiger charge is 2.31. The zero-order valence-electron chi connectivity index (χ0n) is 10.8. The van der Waals surface area contributed by atoms with E-state index >= 15 is 0 Å². The summed E-state index contributed by atoms with van der Waals surface area (Å²) >= 11 is 0. The molecule has 1 aromatic rings. The Labute approximate surface area is 114 Å². The van der Waals surface area contributed by atoms with Crippen LogP contribution >= 0.6 is 0 Å². The van der Waals surface area contributed by atoms with E-state index in [0.717, 1.165) is 24.3 Å². The minimum atomic E-state index is -4.81. The van der Waals surface area contributed by atoms with Gasteiger partial charge in [-0.25, -0.2) is 13.1 Å². The predicted molar refractivity (Wildman–Crippen MR) is 64.8 cm³/mol. The van der Waals surface area contributed by atoms with Crippen LogP contribution in [0.3, 0.4) is 0 Å². The molecule has 1 N–H and O–H groups in total. The number of halogens is 3. The molecule has 0 aliphatic carbocycles. The molecule has 114 valence electrons. The number of hydrogen-bond acceptors (Lipinski definition) is 4. The van der Waals surface area contributed by atoms with Crippen molar-refractivity contribution in [2.45, 2.75) is 24.2 Å². The summed E-state index contributed by atoms with van der Waals surface area (Å²) in [7, 11) is -2.38. The quantitative estimate of drug-likeness (QED) is 0.871. The number of nitrogens with one attached hydrogen (secondary N) is 1. The molecule has 9 heteroatoms. The van der Waals surface area contributed by atoms with Gasteiger partial charge in [-0.1, -0.05) is 0 Å². The van der Waals surface area contributed by atoms with Crippen molar-refractivity contribution in [1.82, 2.24) is 4.72 Å². The fraction of sp³-hybridized carbons (Fsp3) is 0.455. The molecule has 0 aromatic heterocycles. The van der Waals surface area contributed by atoms with E-state index in [4.69, 9.17) is 4.74 Å². The van der Waals surface area contributed by atoms with Gasteiger partial charge in [0.2, 0.25) is 10.0 Å². The molecule has 0 saturated carbocycles. The summed E-state index contributed by atoms with van der Waals surface area (Å²) in [4.78, 5) is -0.157. The summed E-state index contributed by atoms with van der Waals surface area (Å²) in [5.74, 6) is -0.485. The van der Waals surface area contributed by atoms with Crippen LogP contribution < -0.4 is 9.46 Å². The molecule has 0 aliphatic heterocycles. The first-order valence-electron chi connectivity index (χ1n) is 5.51. The van der Waals surface area contributed by atoms with E-state index in [0.29, 0.717) is 0 Å². The van der Waals surface area contributed by atoms with Crippen molar-refractivity contribution < 1.29 is 31.1 Å². The summed E-state index contributed by atoms with van der Waals surface area (Å²) in [6, 6.07) is 3.47. The fourth-order valence-corrected chi connectivity index (χ4v) is 2.67. The number of alkyl halides is 3. The molecule has 0 unspecified atom stereocenters. The lowest BCUT2D eigenvalue weighted by Crippen LogP contribution is -2.35. The SMILES string of the molecule is COC[C@@H](C)NS(=O)(=O)c1ccc(OC(F)(F)F)cc1. The molecule has 0 bridgehead atoms. The zero-order valence-corrected chi connectivity index (χ0v) is 11.6. The summed E-state index contributed by atoms with van der Waals surface area (Å²) in [6.45, 7) is 1.77. The molecule has 0 saturated heterocycles. The smallest absolute Gasteiger partial charge is 0.406 e. The molecule has 1 atom stereocenters. The Balaban J connectivity index is 2.82. The lowest BCUT2D eigenvalue weighted by Gasteiger charge is -2.14. The Morgan fingerprint density at radius 1 is 1.25 bits per heavy atom. The van der Waals surface area contributed by atoms with Gasteiger partial charge in [0.25, 0.3) is 0 Å². The number of rotatable bonds is 6. The minimum Gasteiger partial charge on any atom is -0.406 e. The number of benzene rings is 1. The van der Waals surface area contributed by atoms with Crippen molar-refractivity contribution in [3.8, 4) is 5.75 Å². The summed E-state index contributed by atoms with van der Waals surface area (Å²) in [6.07, 6.45) is -4.81. The number of sulfonamides is 1. The van der Waals surface area contributed by atoms with Crippen LogP contribution in [0.4, 0.5) is 13.2 Å². The first-order valence-corrected chi connectivity index (χ1v) is 6.99. The molecule has 20 heavy (non-hydrogen) atoms. The van der Waals surface area contributed by atoms with Gasteiger partial charge >= 0.3 is 6.36 Å². The lowest BCUT2D eigenvalue weighted by molar-refractivity contribution is -0.274. The van der Waals surface area contributed by atoms with Crippen molar-refractivity contribution in [3.05, 3.63) is 24.3 Å². The standard InChI is InChI=1S/C11H14F3NO4S/c1-8(7-18-2)15-20(16,17)10-5-3-9(4-6-10)19-11(12,13)14/h3-6,8,15H,7H2,1-2H3/t8-/m1/s1. The predicted octanol–water partition coefficient (Wildman–Crippen LogP) is 1.90. The third-order valence-electron chi connectivity index (χ3n) is 2.14. The van der Waals surface area contributed by atoms with Crippen LogP contribution in [-0.4, -0.2) is 34.5 Å². The molecule has 0 heterocycles. The van der Waals surface area contributed by atoms with E-state index in [-0.39, 0.29) is 11.5 Å². The van der Waals surface area contributed by atoms with Crippen LogP contribution in [0, 0.1) is 0 Å². The first-order chi connectivity index (χ1) is 9.14. The van der Waals surface area contributed by atoms with Crippen LogP contribution in [0.2, 0.25) is 0 Å². The van der Waals surface area contributed by atoms with Gasteiger partial charge in [0.1, 0.15) is 5.75 Å². The maximum Gasteiger partial charge on any atom is 0.573 e. The molecule has 1 aromatic carbocycles. The Kier molecular flexibility index (Phi) is 5.37. The van der Waals surface area contributed by atoms with Crippen molar-refractivity contribution >= 4 is 10.0 Å². The van der Waals surface area contributed by atoms with Crippen LogP contribution in [0.1, 0.15) is 6.92 Å². The maximum absolute atomic E-state index is 12.0. The van der Waals surface area contributed by atoms with Crippen molar-refractivity contribution in [2.75, 3.05) is 13.7 Å². The Bertz CT molecular complexity index is 528. The van der Waals surface area contributed by atoms with Crippen LogP contribution in [-0.2, 0) is 14.8 Å². The summed E-state index contributed by atoms with van der Waals surface area (Å²) in [5, 5.41) is 0. The second-order valence-corrected chi connectivity index (χ2v) is 5.71. The topological polar surface area (TPSA) is 64.6 Å². The van der Waals surface area contributed by atoms with Gasteiger partial charge in [-0.15, -0.1) is 13.2 Å². The van der Waals surface area contributed by atoms with Crippen molar-refractivity contribution in [1.29, 1.82) is 0 Å². The second kappa shape index (κ2) is 6.42. The molecular weight excluding hydrogens is 299 g/mol. The highest BCUT2D eigenvalue weighted by atomic mass is 32.2. The highest BCUT2D eigenvalue weighted by molar-refractivity contribution is 7.89. The van der Waals surface area contributed by atoms with Crippen molar-refractivity contribution in [2.24, 2.45) is 0 Å². The third kappa shape index (κ3) is 5.35. The van der Waals surface area contributed by atoms with E-state index in [1.807, 2.05) is 0 Å². The van der Waals surface area contributed by atoms with E-state index < -0.39 is 28.2 Å². The van der Waals surface area contributed by atoms with Gasteiger partial charge in [0, 0.05) is 13.2 Å². The van der Waals surface area contributed by atoms with Gasteiger partial charge in [-0.05, 0) is 31.2 Å². The number of hydrogen-bond donors (Lipinski definition) is 1. The Morgan fingerprint density at radius 3 is 2.25 bits per heavy atom. The van der Waals surface area contributed by atoms with Crippen molar-refractivity contribution in [3.63, 3.8) is 0 Å². The van der Waals surface area contributed by atoms with E-state index in [1.54, 1.807) is 6.92 Å². The van der Waals surface area contributed by atoms with Gasteiger partial charge in [0.15, 0.2) is 0 Å². The fourth-order valence-electron chi connectivity index (χ4n) is 1.44. The van der Waals surface area contributed by atoms with E-state index in [2.05, 4.69) is 9.46 Å². The van der Waals surface area contributed by atoms with Gasteiger partial charge < -0.3 is 9.47 Å². The molecular formula is C11H14F3NO4S. The van der Waals surface area contributed by atoms with Gasteiger partial charge in [-0.2, -0.15) is 0 Å². The van der Waals surface area contributed by atoms with E-state index in [9.17, 15) is 21.6 Å². The Hall–Kier alpha value is -1.32. The molecule has 1 rings (SSSR count). The average Bonchev–Trinajstić information content (AvgIpc) is 2.26. The minimum absolute atomic E-state index is 0.157. The first kappa shape index (κ1) is 16.7. The molecule has 0 aliphatic rings. The molecule has 0 radical (unpaired) electrons. The van der Waals surface area contributed by atoms with Gasteiger partial charge in [0.05, 0.1) is 11.5 Å². The molecule has 0 spiro atoms. The number of ether oxygens (including phenoxy) is 2. The lowest BCUT2D eigenvalue weighted by atomic mass is 10.3. The molecule has 0 amide bonds. The summed E-state index contributed by atoms with van der Waals surface area (Å²) < 4.78 is 70.4. The monoisotopic (exact) mass is 313 g/mol. The normalized spacial score (nSPS) is 14.1. The van der Waals surface area contributed by atoms with Gasteiger partial charge in [-0.3, -0.25) is 0 Å². The summed E-state index contributed by atoms with van der Waals surface area (Å²) in [5.41, 5.74) is 0. The average molecular weight is 313 g/mol. The largest absolute Gasteiger partial charge is 0.573 e. The Morgan fingerprint density at radius 2 is 1.80 bits per heavy atom. The zero-order chi connectivity index (χ0) is 15.4. The third-order valence-corrected chi connectivity index (χ3v) is 3.75. The second-order valence-electron chi connectivity index (χ2n) is 4.00.